The molecule has 0 bridgehead atoms. The van der Waals surface area contributed by atoms with Crippen LogP contribution in [0.1, 0.15) is 43.5 Å². The lowest BCUT2D eigenvalue weighted by Gasteiger charge is -2.25. The van der Waals surface area contributed by atoms with Crippen molar-refractivity contribution < 1.29 is 4.79 Å². The Balaban J connectivity index is 1.58. The van der Waals surface area contributed by atoms with Crippen LogP contribution in [-0.2, 0) is 4.79 Å². The number of anilines is 2. The van der Waals surface area contributed by atoms with E-state index < -0.39 is 0 Å². The summed E-state index contributed by atoms with van der Waals surface area (Å²) in [6, 6.07) is 12.4. The molecule has 0 radical (unpaired) electrons. The lowest BCUT2D eigenvalue weighted by molar-refractivity contribution is -0.120. The lowest BCUT2D eigenvalue weighted by Crippen LogP contribution is -2.32. The quantitative estimate of drug-likeness (QED) is 0.804. The number of benzene rings is 1. The van der Waals surface area contributed by atoms with Gasteiger partial charge in [0.25, 0.3) is 0 Å². The van der Waals surface area contributed by atoms with E-state index in [9.17, 15) is 4.79 Å². The lowest BCUT2D eigenvalue weighted by atomic mass is 10.2. The number of para-hydroxylation sites is 2. The average Bonchev–Trinajstić information content (AvgIpc) is 3.03. The summed E-state index contributed by atoms with van der Waals surface area (Å²) in [4.78, 5) is 15.9. The predicted molar refractivity (Wildman–Crippen MR) is 106 cm³/mol. The summed E-state index contributed by atoms with van der Waals surface area (Å²) in [6.45, 7) is 4.51. The van der Waals surface area contributed by atoms with Crippen LogP contribution in [0.4, 0.5) is 11.4 Å². The zero-order valence-corrected chi connectivity index (χ0v) is 15.6. The van der Waals surface area contributed by atoms with E-state index in [1.54, 1.807) is 11.3 Å². The second kappa shape index (κ2) is 8.90. The summed E-state index contributed by atoms with van der Waals surface area (Å²) in [7, 11) is 0. The molecule has 25 heavy (non-hydrogen) atoms. The molecule has 5 heteroatoms. The molecule has 1 atom stereocenters. The highest BCUT2D eigenvalue weighted by Crippen LogP contribution is 2.27. The summed E-state index contributed by atoms with van der Waals surface area (Å²) in [5, 5.41) is 8.42. The Morgan fingerprint density at radius 2 is 1.88 bits per heavy atom. The molecular weight excluding hydrogens is 330 g/mol. The fourth-order valence-corrected chi connectivity index (χ4v) is 4.02. The number of nitrogens with one attached hydrogen (secondary N) is 2. The van der Waals surface area contributed by atoms with Gasteiger partial charge in [-0.25, -0.2) is 0 Å². The first-order valence-corrected chi connectivity index (χ1v) is 10.0. The minimum Gasteiger partial charge on any atom is -0.374 e. The average molecular weight is 358 g/mol. The molecular formula is C20H27N3OS. The third-order valence-electron chi connectivity index (χ3n) is 4.64. The molecule has 0 saturated carbocycles. The molecule has 1 aromatic carbocycles. The Kier molecular flexibility index (Phi) is 6.34. The number of carbonyl (C=O) groups is 1. The molecule has 1 aliphatic heterocycles. The van der Waals surface area contributed by atoms with E-state index in [2.05, 4.69) is 39.8 Å². The zero-order chi connectivity index (χ0) is 17.5. The largest absolute Gasteiger partial charge is 0.374 e. The van der Waals surface area contributed by atoms with Crippen LogP contribution >= 0.6 is 11.3 Å². The Hall–Kier alpha value is -2.01. The molecule has 0 spiro atoms. The van der Waals surface area contributed by atoms with Gasteiger partial charge in [-0.3, -0.25) is 4.79 Å². The third-order valence-corrected chi connectivity index (χ3v) is 5.69. The molecule has 1 fully saturated rings. The molecule has 0 aliphatic carbocycles. The van der Waals surface area contributed by atoms with Crippen LogP contribution in [0.25, 0.3) is 0 Å². The van der Waals surface area contributed by atoms with Gasteiger partial charge >= 0.3 is 0 Å². The second-order valence-electron chi connectivity index (χ2n) is 6.58. The fraction of sp³-hybridized carbons (Fsp3) is 0.450. The van der Waals surface area contributed by atoms with Gasteiger partial charge in [0.2, 0.25) is 5.91 Å². The number of thiophene rings is 1. The minimum absolute atomic E-state index is 0.0200. The van der Waals surface area contributed by atoms with Gasteiger partial charge in [-0.05, 0) is 43.3 Å². The van der Waals surface area contributed by atoms with E-state index in [4.69, 9.17) is 0 Å². The number of nitrogens with zero attached hydrogens (tertiary/aromatic N) is 1. The summed E-state index contributed by atoms with van der Waals surface area (Å²) < 4.78 is 0. The van der Waals surface area contributed by atoms with E-state index in [1.165, 1.54) is 36.2 Å². The van der Waals surface area contributed by atoms with Crippen LogP contribution in [0.5, 0.6) is 0 Å². The van der Waals surface area contributed by atoms with Gasteiger partial charge in [0.15, 0.2) is 0 Å². The maximum atomic E-state index is 12.3. The normalized spacial score (nSPS) is 16.1. The molecule has 1 aliphatic rings. The summed E-state index contributed by atoms with van der Waals surface area (Å²) in [5.74, 6) is 0.0200. The maximum absolute atomic E-state index is 12.3. The molecule has 4 nitrogen and oxygen atoms in total. The van der Waals surface area contributed by atoms with E-state index in [-0.39, 0.29) is 11.9 Å². The Bertz CT molecular complexity index is 663. The van der Waals surface area contributed by atoms with E-state index in [1.807, 2.05) is 24.4 Å². The highest BCUT2D eigenvalue weighted by Gasteiger charge is 2.14. The summed E-state index contributed by atoms with van der Waals surface area (Å²) >= 11 is 1.67. The van der Waals surface area contributed by atoms with Crippen LogP contribution in [-0.4, -0.2) is 25.5 Å². The standard InChI is InChI=1S/C20H27N3OS/c1-16(19-11-8-14-25-19)22-20(24)15-21-17-9-4-5-10-18(17)23-12-6-2-3-7-13-23/h4-5,8-11,14,16,21H,2-3,6-7,12-13,15H2,1H3,(H,22,24)/t16-/m1/s1. The zero-order valence-electron chi connectivity index (χ0n) is 14.8. The van der Waals surface area contributed by atoms with Crippen molar-refractivity contribution in [2.45, 2.75) is 38.6 Å². The molecule has 134 valence electrons. The van der Waals surface area contributed by atoms with Crippen molar-refractivity contribution in [3.8, 4) is 0 Å². The van der Waals surface area contributed by atoms with Crippen molar-refractivity contribution in [3.05, 3.63) is 46.7 Å². The number of rotatable bonds is 6. The molecule has 0 unspecified atom stereocenters. The molecule has 2 N–H and O–H groups in total. The van der Waals surface area contributed by atoms with Gasteiger partial charge in [-0.1, -0.05) is 31.0 Å². The summed E-state index contributed by atoms with van der Waals surface area (Å²) in [6.07, 6.45) is 5.12. The van der Waals surface area contributed by atoms with Crippen LogP contribution in [0.3, 0.4) is 0 Å². The van der Waals surface area contributed by atoms with Crippen molar-refractivity contribution in [1.29, 1.82) is 0 Å². The maximum Gasteiger partial charge on any atom is 0.239 e. The van der Waals surface area contributed by atoms with E-state index in [0.717, 1.165) is 18.8 Å². The molecule has 1 amide bonds. The van der Waals surface area contributed by atoms with Gasteiger partial charge < -0.3 is 15.5 Å². The first-order chi connectivity index (χ1) is 12.2. The van der Waals surface area contributed by atoms with Crippen molar-refractivity contribution in [3.63, 3.8) is 0 Å². The van der Waals surface area contributed by atoms with Crippen molar-refractivity contribution in [1.82, 2.24) is 5.32 Å². The molecule has 1 saturated heterocycles. The number of amides is 1. The van der Waals surface area contributed by atoms with Gasteiger partial charge in [0, 0.05) is 18.0 Å². The Morgan fingerprint density at radius 1 is 1.12 bits per heavy atom. The van der Waals surface area contributed by atoms with Crippen LogP contribution < -0.4 is 15.5 Å². The molecule has 2 aromatic rings. The van der Waals surface area contributed by atoms with E-state index >= 15 is 0 Å². The Morgan fingerprint density at radius 3 is 2.60 bits per heavy atom. The minimum atomic E-state index is 0.0200. The van der Waals surface area contributed by atoms with Crippen LogP contribution in [0.15, 0.2) is 41.8 Å². The first kappa shape index (κ1) is 17.8. The number of hydrogen-bond donors (Lipinski definition) is 2. The van der Waals surface area contributed by atoms with Crippen molar-refractivity contribution in [2.24, 2.45) is 0 Å². The van der Waals surface area contributed by atoms with Gasteiger partial charge in [-0.2, -0.15) is 0 Å². The van der Waals surface area contributed by atoms with Crippen molar-refractivity contribution >= 4 is 28.6 Å². The number of hydrogen-bond acceptors (Lipinski definition) is 4. The highest BCUT2D eigenvalue weighted by atomic mass is 32.1. The SMILES string of the molecule is C[C@@H](NC(=O)CNc1ccccc1N1CCCCCC1)c1cccs1. The van der Waals surface area contributed by atoms with Crippen molar-refractivity contribution in [2.75, 3.05) is 29.9 Å². The monoisotopic (exact) mass is 357 g/mol. The Labute approximate surface area is 154 Å². The smallest absolute Gasteiger partial charge is 0.239 e. The molecule has 1 aromatic heterocycles. The topological polar surface area (TPSA) is 44.4 Å². The van der Waals surface area contributed by atoms with E-state index in [0.29, 0.717) is 6.54 Å². The first-order valence-electron chi connectivity index (χ1n) is 9.14. The second-order valence-corrected chi connectivity index (χ2v) is 7.56. The fourth-order valence-electron chi connectivity index (χ4n) is 3.29. The molecule has 3 rings (SSSR count). The number of carbonyl (C=O) groups excluding carboxylic acids is 1. The third kappa shape index (κ3) is 4.98. The van der Waals surface area contributed by atoms with Gasteiger partial charge in [-0.15, -0.1) is 11.3 Å². The van der Waals surface area contributed by atoms with Crippen LogP contribution in [0.2, 0.25) is 0 Å². The van der Waals surface area contributed by atoms with Gasteiger partial charge in [0.05, 0.1) is 24.0 Å². The summed E-state index contributed by atoms with van der Waals surface area (Å²) in [5.41, 5.74) is 2.26. The molecule has 2 heterocycles. The highest BCUT2D eigenvalue weighted by molar-refractivity contribution is 7.10. The van der Waals surface area contributed by atoms with Crippen LogP contribution in [0, 0.1) is 0 Å². The predicted octanol–water partition coefficient (Wildman–Crippen LogP) is 4.42. The van der Waals surface area contributed by atoms with Gasteiger partial charge in [0.1, 0.15) is 0 Å².